The number of carbonyl (C=O) groups excluding carboxylic acids is 4. The smallest absolute Gasteiger partial charge is 0.328 e. The fraction of sp³-hybridized carbons (Fsp3) is 0.450. The lowest BCUT2D eigenvalue weighted by atomic mass is 9.80. The van der Waals surface area contributed by atoms with Gasteiger partial charge >= 0.3 is 5.97 Å². The molecule has 1 N–H and O–H groups in total. The number of nitrogens with one attached hydrogen (secondary N) is 1. The Kier molecular flexibility index (Phi) is 12.3. The minimum absolute atomic E-state index is 0.0851. The molecule has 11 heteroatoms. The summed E-state index contributed by atoms with van der Waals surface area (Å²) in [5.41, 5.74) is 2.48. The molecule has 1 unspecified atom stereocenters. The first-order chi connectivity index (χ1) is 24.4. The van der Waals surface area contributed by atoms with E-state index in [1.54, 1.807) is 16.7 Å². The molecule has 0 spiro atoms. The Morgan fingerprint density at radius 3 is 2.12 bits per heavy atom. The molecule has 5 rings (SSSR count). The van der Waals surface area contributed by atoms with Gasteiger partial charge in [0.2, 0.25) is 11.8 Å². The number of hydrogen-bond donors (Lipinski definition) is 1. The van der Waals surface area contributed by atoms with Gasteiger partial charge in [0, 0.05) is 42.9 Å². The summed E-state index contributed by atoms with van der Waals surface area (Å²) in [6.07, 6.45) is 5.97. The summed E-state index contributed by atoms with van der Waals surface area (Å²) < 4.78 is 28.7. The van der Waals surface area contributed by atoms with Crippen molar-refractivity contribution in [3.05, 3.63) is 102 Å². The van der Waals surface area contributed by atoms with Crippen LogP contribution in [0.3, 0.4) is 0 Å². The van der Waals surface area contributed by atoms with Crippen molar-refractivity contribution < 1.29 is 32.3 Å². The molecule has 3 aromatic carbocycles. The molecule has 0 radical (unpaired) electrons. The molecule has 2 aliphatic rings. The molecule has 3 aromatic rings. The molecule has 51 heavy (non-hydrogen) atoms. The lowest BCUT2D eigenvalue weighted by molar-refractivity contribution is -0.148. The number of nitrogens with zero attached hydrogens (tertiary/aromatic N) is 2. The Bertz CT molecular complexity index is 1780. The van der Waals surface area contributed by atoms with Crippen molar-refractivity contribution in [2.75, 3.05) is 23.5 Å². The first kappa shape index (κ1) is 37.7. The number of hydrogen-bond acceptors (Lipinski definition) is 7. The topological polar surface area (TPSA) is 130 Å². The number of anilines is 1. The molecule has 10 nitrogen and oxygen atoms in total. The van der Waals surface area contributed by atoms with Gasteiger partial charge in [-0.2, -0.15) is 0 Å². The van der Waals surface area contributed by atoms with Crippen LogP contribution in [-0.4, -0.2) is 67.7 Å². The van der Waals surface area contributed by atoms with E-state index in [9.17, 15) is 27.6 Å². The SMILES string of the molecule is CCOC(=O)[C@H](Cc1ccc(N2C(=O)[C@@H](Cc3ccccc3)N(C(C)=O)C2c2ccccc2)cc1)NC(=O)C1(CCCCS(C)(=O)=O)CCCC1. The average Bonchev–Trinajstić information content (AvgIpc) is 3.71. The Hall–Kier alpha value is -4.51. The predicted octanol–water partition coefficient (Wildman–Crippen LogP) is 5.56. The molecule has 2 fully saturated rings. The number of ether oxygens (including phenoxy) is 1. The van der Waals surface area contributed by atoms with Gasteiger partial charge in [-0.1, -0.05) is 92.1 Å². The third-order valence-electron chi connectivity index (χ3n) is 10.1. The van der Waals surface area contributed by atoms with Crippen LogP contribution in [0.15, 0.2) is 84.9 Å². The number of unbranched alkanes of at least 4 members (excludes halogenated alkanes) is 1. The van der Waals surface area contributed by atoms with Gasteiger partial charge in [-0.3, -0.25) is 19.3 Å². The van der Waals surface area contributed by atoms with Gasteiger partial charge in [-0.25, -0.2) is 13.2 Å². The monoisotopic (exact) mass is 715 g/mol. The minimum atomic E-state index is -3.08. The van der Waals surface area contributed by atoms with Crippen LogP contribution in [0.5, 0.6) is 0 Å². The maximum absolute atomic E-state index is 14.2. The second-order valence-electron chi connectivity index (χ2n) is 13.8. The van der Waals surface area contributed by atoms with Crippen LogP contribution in [0.2, 0.25) is 0 Å². The fourth-order valence-electron chi connectivity index (χ4n) is 7.56. The molecule has 3 atom stereocenters. The van der Waals surface area contributed by atoms with Crippen molar-refractivity contribution in [1.29, 1.82) is 0 Å². The summed E-state index contributed by atoms with van der Waals surface area (Å²) in [6, 6.07) is 24.8. The van der Waals surface area contributed by atoms with E-state index in [0.29, 0.717) is 44.2 Å². The number of esters is 1. The first-order valence-electron chi connectivity index (χ1n) is 17.9. The Labute approximate surface area is 301 Å². The Balaban J connectivity index is 1.38. The summed E-state index contributed by atoms with van der Waals surface area (Å²) in [7, 11) is -3.08. The molecular weight excluding hydrogens is 667 g/mol. The predicted molar refractivity (Wildman–Crippen MR) is 196 cm³/mol. The van der Waals surface area contributed by atoms with E-state index in [2.05, 4.69) is 5.32 Å². The molecular formula is C40H49N3O7S. The number of sulfone groups is 1. The molecule has 1 saturated carbocycles. The largest absolute Gasteiger partial charge is 0.464 e. The maximum atomic E-state index is 14.2. The third kappa shape index (κ3) is 9.24. The zero-order valence-corrected chi connectivity index (χ0v) is 30.6. The van der Waals surface area contributed by atoms with Crippen molar-refractivity contribution in [3.63, 3.8) is 0 Å². The molecule has 272 valence electrons. The van der Waals surface area contributed by atoms with E-state index in [1.807, 2.05) is 84.9 Å². The van der Waals surface area contributed by atoms with Crippen molar-refractivity contribution in [1.82, 2.24) is 10.2 Å². The molecule has 1 saturated heterocycles. The van der Waals surface area contributed by atoms with Gasteiger partial charge < -0.3 is 15.0 Å². The lowest BCUT2D eigenvalue weighted by Crippen LogP contribution is -2.49. The van der Waals surface area contributed by atoms with Crippen LogP contribution in [-0.2, 0) is 46.6 Å². The van der Waals surface area contributed by atoms with Gasteiger partial charge in [0.05, 0.1) is 6.61 Å². The Morgan fingerprint density at radius 2 is 1.53 bits per heavy atom. The van der Waals surface area contributed by atoms with Crippen molar-refractivity contribution in [2.24, 2.45) is 5.41 Å². The number of benzene rings is 3. The minimum Gasteiger partial charge on any atom is -0.464 e. The van der Waals surface area contributed by atoms with E-state index in [4.69, 9.17) is 4.74 Å². The highest BCUT2D eigenvalue weighted by Crippen LogP contribution is 2.43. The second-order valence-corrected chi connectivity index (χ2v) is 16.1. The molecule has 1 heterocycles. The average molecular weight is 716 g/mol. The van der Waals surface area contributed by atoms with E-state index >= 15 is 0 Å². The van der Waals surface area contributed by atoms with Gasteiger partial charge in [-0.05, 0) is 61.4 Å². The van der Waals surface area contributed by atoms with Crippen LogP contribution in [0.4, 0.5) is 5.69 Å². The summed E-state index contributed by atoms with van der Waals surface area (Å²) in [4.78, 5) is 57.8. The standard InChI is InChI=1S/C40H49N3O7S/c1-4-50-38(46)34(41-39(47)40(23-11-12-24-40)25-13-14-26-51(3,48)49)27-31-19-21-33(22-20-31)43-36(32-17-9-6-10-18-32)42(29(2)44)35(37(43)45)28-30-15-7-5-8-16-30/h5-10,15-22,34-36H,4,11-14,23-28H2,1-3H3,(H,41,47)/t34-,35+,36?/m0/s1. The highest BCUT2D eigenvalue weighted by molar-refractivity contribution is 7.90. The second kappa shape index (κ2) is 16.7. The fourth-order valence-corrected chi connectivity index (χ4v) is 8.29. The summed E-state index contributed by atoms with van der Waals surface area (Å²) in [6.45, 7) is 3.37. The number of carbonyl (C=O) groups is 4. The van der Waals surface area contributed by atoms with Gasteiger partial charge in [0.1, 0.15) is 28.1 Å². The molecule has 1 aliphatic carbocycles. The number of rotatable bonds is 15. The highest BCUT2D eigenvalue weighted by Gasteiger charge is 2.48. The third-order valence-corrected chi connectivity index (χ3v) is 11.1. The van der Waals surface area contributed by atoms with E-state index < -0.39 is 39.5 Å². The Morgan fingerprint density at radius 1 is 0.902 bits per heavy atom. The van der Waals surface area contributed by atoms with E-state index in [1.165, 1.54) is 13.2 Å². The highest BCUT2D eigenvalue weighted by atomic mass is 32.2. The van der Waals surface area contributed by atoms with Crippen molar-refractivity contribution in [3.8, 4) is 0 Å². The van der Waals surface area contributed by atoms with Crippen LogP contribution in [0, 0.1) is 5.41 Å². The van der Waals surface area contributed by atoms with Crippen LogP contribution < -0.4 is 10.2 Å². The van der Waals surface area contributed by atoms with Gasteiger partial charge in [-0.15, -0.1) is 0 Å². The van der Waals surface area contributed by atoms with E-state index in [0.717, 1.165) is 29.5 Å². The molecule has 0 bridgehead atoms. The van der Waals surface area contributed by atoms with Crippen LogP contribution in [0.1, 0.15) is 81.6 Å². The van der Waals surface area contributed by atoms with Gasteiger partial charge in [0.25, 0.3) is 5.91 Å². The number of amides is 3. The van der Waals surface area contributed by atoms with Crippen LogP contribution >= 0.6 is 0 Å². The first-order valence-corrected chi connectivity index (χ1v) is 19.9. The zero-order chi connectivity index (χ0) is 36.6. The summed E-state index contributed by atoms with van der Waals surface area (Å²) in [5.74, 6) is -1.04. The van der Waals surface area contributed by atoms with Crippen molar-refractivity contribution in [2.45, 2.75) is 89.9 Å². The quantitative estimate of drug-likeness (QED) is 0.161. The van der Waals surface area contributed by atoms with Gasteiger partial charge in [0.15, 0.2) is 0 Å². The van der Waals surface area contributed by atoms with Crippen molar-refractivity contribution >= 4 is 39.2 Å². The maximum Gasteiger partial charge on any atom is 0.328 e. The molecule has 1 aliphatic heterocycles. The molecule has 0 aromatic heterocycles. The summed E-state index contributed by atoms with van der Waals surface area (Å²) >= 11 is 0. The van der Waals surface area contributed by atoms with Crippen LogP contribution in [0.25, 0.3) is 0 Å². The summed E-state index contributed by atoms with van der Waals surface area (Å²) in [5, 5.41) is 3.00. The molecule has 3 amide bonds. The normalized spacial score (nSPS) is 19.2. The zero-order valence-electron chi connectivity index (χ0n) is 29.8. The lowest BCUT2D eigenvalue weighted by Gasteiger charge is -2.31. The van der Waals surface area contributed by atoms with E-state index in [-0.39, 0.29) is 36.5 Å².